The van der Waals surface area contributed by atoms with E-state index in [0.29, 0.717) is 0 Å². The van der Waals surface area contributed by atoms with E-state index in [4.69, 9.17) is 28.4 Å². The number of aliphatic hydroxyl groups is 2. The molecule has 11 atom stereocenters. The molecule has 0 unspecified atom stereocenters. The van der Waals surface area contributed by atoms with Crippen molar-refractivity contribution >= 4 is 35.6 Å². The van der Waals surface area contributed by atoms with Crippen molar-refractivity contribution in [3.05, 3.63) is 48.0 Å². The Morgan fingerprint density at radius 2 is 1.45 bits per heavy atom. The number of fused-ring (bicyclic) bond motifs is 1. The van der Waals surface area contributed by atoms with Crippen LogP contribution >= 0.6 is 0 Å². The maximum Gasteiger partial charge on any atom is 0.338 e. The number of ether oxygens (including phenoxy) is 6. The number of Topliss-reactive ketones (excluding diaryl/α,β-unsaturated/α-hetero) is 1. The molecular formula is C35H42O14. The Kier molecular flexibility index (Phi) is 9.32. The molecule has 1 aromatic rings. The predicted molar refractivity (Wildman–Crippen MR) is 165 cm³/mol. The second kappa shape index (κ2) is 12.6. The average molecular weight is 687 g/mol. The van der Waals surface area contributed by atoms with E-state index in [9.17, 15) is 39.0 Å². The SMILES string of the molecule is C=C1[C@@H](O)C[C@H](OC(C)=O)[C@@]2(COC(=O)c3ccccc3)[C@@H](OC(C)=O)[C@H](OC(C)=O)[C@]3(O)[C@@]4(C)CC(=O)[C@@H]([C@H](OC(C)=O)[C@H]12)[C@]3(C)CO4. The zero-order chi connectivity index (χ0) is 36.3. The van der Waals surface area contributed by atoms with E-state index < -0.39 is 119 Å². The van der Waals surface area contributed by atoms with Crippen molar-refractivity contribution in [1.82, 2.24) is 0 Å². The van der Waals surface area contributed by atoms with Gasteiger partial charge < -0.3 is 38.6 Å². The topological polar surface area (TPSA) is 198 Å². The van der Waals surface area contributed by atoms with Gasteiger partial charge in [0.25, 0.3) is 0 Å². The van der Waals surface area contributed by atoms with Crippen molar-refractivity contribution in [2.24, 2.45) is 22.7 Å². The fourth-order valence-corrected chi connectivity index (χ4v) is 8.99. The van der Waals surface area contributed by atoms with Crippen LogP contribution in [0.15, 0.2) is 42.5 Å². The first-order chi connectivity index (χ1) is 22.8. The van der Waals surface area contributed by atoms with E-state index in [2.05, 4.69) is 6.58 Å². The molecule has 14 heteroatoms. The number of aliphatic hydroxyl groups excluding tert-OH is 1. The van der Waals surface area contributed by atoms with Gasteiger partial charge in [-0.1, -0.05) is 31.7 Å². The van der Waals surface area contributed by atoms with E-state index in [1.165, 1.54) is 26.0 Å². The lowest BCUT2D eigenvalue weighted by molar-refractivity contribution is -0.303. The summed E-state index contributed by atoms with van der Waals surface area (Å²) in [6.45, 7) is 10.4. The van der Waals surface area contributed by atoms with Crippen LogP contribution in [-0.4, -0.2) is 101 Å². The smallest absolute Gasteiger partial charge is 0.338 e. The quantitative estimate of drug-likeness (QED) is 0.238. The van der Waals surface area contributed by atoms with Crippen LogP contribution < -0.4 is 0 Å². The van der Waals surface area contributed by atoms with Crippen LogP contribution in [0.1, 0.15) is 64.7 Å². The van der Waals surface area contributed by atoms with Gasteiger partial charge in [-0.15, -0.1) is 0 Å². The van der Waals surface area contributed by atoms with Crippen molar-refractivity contribution in [2.75, 3.05) is 13.2 Å². The molecule has 1 heterocycles. The molecule has 4 aliphatic rings. The first kappa shape index (κ1) is 36.1. The zero-order valence-corrected chi connectivity index (χ0v) is 28.3. The summed E-state index contributed by atoms with van der Waals surface area (Å²) in [5, 5.41) is 24.6. The average Bonchev–Trinajstić information content (AvgIpc) is 3.12. The second-order valence-corrected chi connectivity index (χ2v) is 13.9. The van der Waals surface area contributed by atoms with E-state index in [1.54, 1.807) is 18.2 Å². The molecular weight excluding hydrogens is 644 g/mol. The fraction of sp³-hybridized carbons (Fsp3) is 0.600. The Bertz CT molecular complexity index is 1570. The third kappa shape index (κ3) is 5.53. The Labute approximate surface area is 283 Å². The molecule has 5 rings (SSSR count). The summed E-state index contributed by atoms with van der Waals surface area (Å²) in [4.78, 5) is 79.7. The molecule has 3 saturated carbocycles. The summed E-state index contributed by atoms with van der Waals surface area (Å²) in [7, 11) is 0. The molecule has 1 saturated heterocycles. The number of carbonyl (C=O) groups is 6. The van der Waals surface area contributed by atoms with Crippen LogP contribution in [0.25, 0.3) is 0 Å². The molecule has 2 N–H and O–H groups in total. The summed E-state index contributed by atoms with van der Waals surface area (Å²) in [5.41, 5.74) is -7.79. The maximum absolute atomic E-state index is 14.3. The van der Waals surface area contributed by atoms with E-state index in [1.807, 2.05) is 0 Å². The van der Waals surface area contributed by atoms with Crippen LogP contribution in [0.4, 0.5) is 0 Å². The number of hydrogen-bond acceptors (Lipinski definition) is 14. The molecule has 4 bridgehead atoms. The van der Waals surface area contributed by atoms with Crippen molar-refractivity contribution in [3.63, 3.8) is 0 Å². The molecule has 266 valence electrons. The van der Waals surface area contributed by atoms with Crippen molar-refractivity contribution in [1.29, 1.82) is 0 Å². The van der Waals surface area contributed by atoms with Crippen LogP contribution in [0, 0.1) is 22.7 Å². The van der Waals surface area contributed by atoms with Crippen molar-refractivity contribution in [2.45, 2.75) is 96.1 Å². The van der Waals surface area contributed by atoms with Crippen LogP contribution in [0.5, 0.6) is 0 Å². The number of benzene rings is 1. The van der Waals surface area contributed by atoms with Crippen LogP contribution in [-0.2, 0) is 52.4 Å². The van der Waals surface area contributed by atoms with Crippen molar-refractivity contribution < 1.29 is 67.4 Å². The van der Waals surface area contributed by atoms with Crippen molar-refractivity contribution in [3.8, 4) is 0 Å². The number of carbonyl (C=O) groups excluding carboxylic acids is 6. The van der Waals surface area contributed by atoms with Gasteiger partial charge in [0.2, 0.25) is 0 Å². The molecule has 4 fully saturated rings. The maximum atomic E-state index is 14.3. The van der Waals surface area contributed by atoms with E-state index in [-0.39, 0.29) is 17.7 Å². The van der Waals surface area contributed by atoms with Crippen LogP contribution in [0.3, 0.4) is 0 Å². The third-order valence-electron chi connectivity index (χ3n) is 10.9. The summed E-state index contributed by atoms with van der Waals surface area (Å²) in [6, 6.07) is 7.85. The summed E-state index contributed by atoms with van der Waals surface area (Å²) >= 11 is 0. The highest BCUT2D eigenvalue weighted by Crippen LogP contribution is 2.67. The van der Waals surface area contributed by atoms with Gasteiger partial charge in [-0.05, 0) is 24.6 Å². The van der Waals surface area contributed by atoms with Crippen LogP contribution in [0.2, 0.25) is 0 Å². The van der Waals surface area contributed by atoms with Gasteiger partial charge in [-0.3, -0.25) is 24.0 Å². The zero-order valence-electron chi connectivity index (χ0n) is 28.3. The van der Waals surface area contributed by atoms with Gasteiger partial charge in [0, 0.05) is 51.9 Å². The van der Waals surface area contributed by atoms with Gasteiger partial charge in [0.05, 0.1) is 29.6 Å². The molecule has 49 heavy (non-hydrogen) atoms. The Hall–Kier alpha value is -4.14. The molecule has 14 nitrogen and oxygen atoms in total. The number of rotatable bonds is 7. The third-order valence-corrected chi connectivity index (χ3v) is 10.9. The van der Waals surface area contributed by atoms with Gasteiger partial charge in [0.1, 0.15) is 35.8 Å². The highest BCUT2D eigenvalue weighted by Gasteiger charge is 2.83. The van der Waals surface area contributed by atoms with Gasteiger partial charge >= 0.3 is 29.8 Å². The number of ketones is 1. The van der Waals surface area contributed by atoms with Gasteiger partial charge in [0.15, 0.2) is 12.2 Å². The van der Waals surface area contributed by atoms with Gasteiger partial charge in [-0.25, -0.2) is 4.79 Å². The molecule has 1 aliphatic heterocycles. The predicted octanol–water partition coefficient (Wildman–Crippen LogP) is 1.62. The molecule has 3 aliphatic carbocycles. The lowest BCUT2D eigenvalue weighted by atomic mass is 9.43. The minimum absolute atomic E-state index is 0.0294. The summed E-state index contributed by atoms with van der Waals surface area (Å²) in [6.07, 6.45) is -9.09. The van der Waals surface area contributed by atoms with E-state index >= 15 is 0 Å². The Morgan fingerprint density at radius 1 is 0.878 bits per heavy atom. The minimum Gasteiger partial charge on any atom is -0.462 e. The monoisotopic (exact) mass is 686 g/mol. The fourth-order valence-electron chi connectivity index (χ4n) is 8.99. The summed E-state index contributed by atoms with van der Waals surface area (Å²) in [5.74, 6) is -7.79. The Balaban J connectivity index is 1.91. The first-order valence-electron chi connectivity index (χ1n) is 16.0. The standard InChI is InChI=1S/C35H42O14/c1-17-23(40)13-25(46-18(2)36)34(16-44-31(42)22-11-9-8-10-12-22)26(17)28(47-19(3)37)27-24(41)14-33(7)35(43,32(27,6)15-45-33)30(49-21(5)39)29(34)48-20(4)38/h8-12,23,25-30,40,43H,1,13-16H2,2-7H3/t23-,25-,26-,27-,28+,29-,30-,32-,33+,34+,35+/m0/s1. The highest BCUT2D eigenvalue weighted by molar-refractivity contribution is 5.89. The lowest BCUT2D eigenvalue weighted by Crippen LogP contribution is -2.80. The van der Waals surface area contributed by atoms with E-state index in [0.717, 1.165) is 27.7 Å². The number of hydrogen-bond donors (Lipinski definition) is 2. The first-order valence-corrected chi connectivity index (χ1v) is 16.0. The minimum atomic E-state index is -2.34. The molecule has 0 spiro atoms. The molecule has 0 amide bonds. The molecule has 1 aromatic carbocycles. The Morgan fingerprint density at radius 3 is 2.02 bits per heavy atom. The molecule has 0 aromatic heterocycles. The second-order valence-electron chi connectivity index (χ2n) is 13.9. The normalized spacial score (nSPS) is 39.4. The summed E-state index contributed by atoms with van der Waals surface area (Å²) < 4.78 is 35.9. The molecule has 0 radical (unpaired) electrons. The highest BCUT2D eigenvalue weighted by atomic mass is 16.6. The van der Waals surface area contributed by atoms with Gasteiger partial charge in [-0.2, -0.15) is 0 Å². The number of esters is 5. The largest absolute Gasteiger partial charge is 0.462 e. The lowest BCUT2D eigenvalue weighted by Gasteiger charge is -2.64.